The standard InChI is InChI=1S/C15H21NO6/c1-4-7-8-22-13-11(15(19)21-6-3)16-9-10(12(13)17)14(18)20-5-2/h9H,4-8H2,1-3H3,(H,16,17). The molecule has 7 heteroatoms. The molecule has 1 aromatic heterocycles. The fraction of sp³-hybridized carbons (Fsp3) is 0.533. The highest BCUT2D eigenvalue weighted by molar-refractivity contribution is 5.94. The molecule has 0 unspecified atom stereocenters. The lowest BCUT2D eigenvalue weighted by molar-refractivity contribution is 0.0499. The molecule has 1 heterocycles. The van der Waals surface area contributed by atoms with Gasteiger partial charge < -0.3 is 19.2 Å². The summed E-state index contributed by atoms with van der Waals surface area (Å²) >= 11 is 0. The fourth-order valence-corrected chi connectivity index (χ4v) is 1.68. The lowest BCUT2D eigenvalue weighted by Gasteiger charge is -2.11. The number of hydrogen-bond acceptors (Lipinski definition) is 6. The van der Waals surface area contributed by atoms with Crippen molar-refractivity contribution in [1.82, 2.24) is 4.98 Å². The maximum atomic E-state index is 12.4. The van der Waals surface area contributed by atoms with E-state index >= 15 is 0 Å². The fourth-order valence-electron chi connectivity index (χ4n) is 1.68. The number of carbonyl (C=O) groups is 2. The third kappa shape index (κ3) is 4.34. The Bertz CT molecular complexity index is 578. The van der Waals surface area contributed by atoms with E-state index in [0.717, 1.165) is 12.6 Å². The quantitative estimate of drug-likeness (QED) is 0.582. The van der Waals surface area contributed by atoms with Gasteiger partial charge in [0.05, 0.1) is 19.8 Å². The molecule has 0 aliphatic heterocycles. The zero-order valence-electron chi connectivity index (χ0n) is 13.1. The van der Waals surface area contributed by atoms with Crippen LogP contribution in [0.15, 0.2) is 11.0 Å². The van der Waals surface area contributed by atoms with E-state index in [2.05, 4.69) is 4.98 Å². The SMILES string of the molecule is CCCCOc1c(C(=O)OCC)[nH]cc(C(=O)OCC)c1=O. The van der Waals surface area contributed by atoms with Gasteiger partial charge in [0.2, 0.25) is 5.43 Å². The van der Waals surface area contributed by atoms with Crippen LogP contribution in [-0.4, -0.2) is 36.7 Å². The van der Waals surface area contributed by atoms with Gasteiger partial charge in [0.15, 0.2) is 11.4 Å². The molecule has 1 aromatic rings. The number of ether oxygens (including phenoxy) is 3. The molecule has 1 N–H and O–H groups in total. The van der Waals surface area contributed by atoms with Crippen LogP contribution in [0, 0.1) is 0 Å². The molecular formula is C15H21NO6. The summed E-state index contributed by atoms with van der Waals surface area (Å²) in [5.41, 5.74) is -0.992. The maximum Gasteiger partial charge on any atom is 0.358 e. The van der Waals surface area contributed by atoms with Crippen molar-refractivity contribution in [1.29, 1.82) is 0 Å². The summed E-state index contributed by atoms with van der Waals surface area (Å²) in [6.45, 7) is 5.82. The van der Waals surface area contributed by atoms with E-state index in [1.54, 1.807) is 13.8 Å². The molecule has 1 rings (SSSR count). The highest BCUT2D eigenvalue weighted by Crippen LogP contribution is 2.14. The van der Waals surface area contributed by atoms with Gasteiger partial charge in [0.25, 0.3) is 0 Å². The van der Waals surface area contributed by atoms with Gasteiger partial charge in [-0.3, -0.25) is 4.79 Å². The average molecular weight is 311 g/mol. The predicted octanol–water partition coefficient (Wildman–Crippen LogP) is 1.91. The molecule has 0 amide bonds. The minimum atomic E-state index is -0.764. The van der Waals surface area contributed by atoms with Crippen molar-refractivity contribution in [3.8, 4) is 5.75 Å². The van der Waals surface area contributed by atoms with E-state index in [4.69, 9.17) is 14.2 Å². The summed E-state index contributed by atoms with van der Waals surface area (Å²) in [5.74, 6) is -1.68. The molecule has 0 spiro atoms. The number of nitrogens with one attached hydrogen (secondary N) is 1. The van der Waals surface area contributed by atoms with E-state index in [1.165, 1.54) is 0 Å². The van der Waals surface area contributed by atoms with E-state index in [9.17, 15) is 14.4 Å². The monoisotopic (exact) mass is 311 g/mol. The van der Waals surface area contributed by atoms with Gasteiger partial charge >= 0.3 is 11.9 Å². The normalized spacial score (nSPS) is 10.1. The first-order valence-electron chi connectivity index (χ1n) is 7.29. The number of unbranched alkanes of at least 4 members (excludes halogenated alkanes) is 1. The number of pyridine rings is 1. The molecule has 0 radical (unpaired) electrons. The molecule has 0 aliphatic rings. The average Bonchev–Trinajstić information content (AvgIpc) is 2.49. The Labute approximate surface area is 128 Å². The van der Waals surface area contributed by atoms with Crippen LogP contribution >= 0.6 is 0 Å². The molecule has 0 saturated heterocycles. The summed E-state index contributed by atoms with van der Waals surface area (Å²) in [6.07, 6.45) is 2.72. The van der Waals surface area contributed by atoms with E-state index in [0.29, 0.717) is 6.42 Å². The molecule has 0 aliphatic carbocycles. The third-order valence-corrected chi connectivity index (χ3v) is 2.76. The summed E-state index contributed by atoms with van der Waals surface area (Å²) in [5, 5.41) is 0. The van der Waals surface area contributed by atoms with E-state index in [1.807, 2.05) is 6.92 Å². The summed E-state index contributed by atoms with van der Waals surface area (Å²) in [6, 6.07) is 0. The van der Waals surface area contributed by atoms with Crippen LogP contribution in [0.1, 0.15) is 54.5 Å². The first-order chi connectivity index (χ1) is 10.6. The Morgan fingerprint density at radius 3 is 2.32 bits per heavy atom. The Balaban J connectivity index is 3.22. The number of carbonyl (C=O) groups excluding carboxylic acids is 2. The third-order valence-electron chi connectivity index (χ3n) is 2.76. The molecule has 0 aromatic carbocycles. The number of aromatic nitrogens is 1. The molecule has 22 heavy (non-hydrogen) atoms. The van der Waals surface area contributed by atoms with Crippen LogP contribution in [-0.2, 0) is 9.47 Å². The maximum absolute atomic E-state index is 12.4. The van der Waals surface area contributed by atoms with Gasteiger partial charge in [0.1, 0.15) is 5.56 Å². The minimum Gasteiger partial charge on any atom is -0.487 e. The van der Waals surface area contributed by atoms with Crippen molar-refractivity contribution < 1.29 is 23.8 Å². The van der Waals surface area contributed by atoms with Gasteiger partial charge in [-0.25, -0.2) is 9.59 Å². The van der Waals surface area contributed by atoms with E-state index in [-0.39, 0.29) is 36.8 Å². The lowest BCUT2D eigenvalue weighted by Crippen LogP contribution is -2.24. The number of H-pyrrole nitrogens is 1. The highest BCUT2D eigenvalue weighted by atomic mass is 16.5. The summed E-state index contributed by atoms with van der Waals surface area (Å²) in [4.78, 5) is 38.6. The van der Waals surface area contributed by atoms with E-state index < -0.39 is 17.4 Å². The Kier molecular flexibility index (Phi) is 7.15. The van der Waals surface area contributed by atoms with Crippen molar-refractivity contribution in [3.63, 3.8) is 0 Å². The van der Waals surface area contributed by atoms with Gasteiger partial charge in [-0.1, -0.05) is 13.3 Å². The highest BCUT2D eigenvalue weighted by Gasteiger charge is 2.23. The first kappa shape index (κ1) is 17.7. The zero-order valence-corrected chi connectivity index (χ0v) is 13.1. The van der Waals surface area contributed by atoms with Crippen molar-refractivity contribution in [2.45, 2.75) is 33.6 Å². The smallest absolute Gasteiger partial charge is 0.358 e. The summed E-state index contributed by atoms with van der Waals surface area (Å²) < 4.78 is 15.1. The van der Waals surface area contributed by atoms with Crippen LogP contribution in [0.2, 0.25) is 0 Å². The second kappa shape index (κ2) is 8.86. The predicted molar refractivity (Wildman–Crippen MR) is 79.4 cm³/mol. The lowest BCUT2D eigenvalue weighted by atomic mass is 10.2. The number of hydrogen-bond donors (Lipinski definition) is 1. The molecule has 0 atom stereocenters. The van der Waals surface area contributed by atoms with Crippen LogP contribution in [0.25, 0.3) is 0 Å². The summed E-state index contributed by atoms with van der Waals surface area (Å²) in [7, 11) is 0. The molecular weight excluding hydrogens is 290 g/mol. The topological polar surface area (TPSA) is 94.7 Å². The minimum absolute atomic E-state index is 0.101. The zero-order chi connectivity index (χ0) is 16.5. The van der Waals surface area contributed by atoms with Gasteiger partial charge in [-0.15, -0.1) is 0 Å². The Morgan fingerprint density at radius 2 is 1.73 bits per heavy atom. The molecule has 0 bridgehead atoms. The number of rotatable bonds is 8. The van der Waals surface area contributed by atoms with Gasteiger partial charge in [-0.05, 0) is 20.3 Å². The molecule has 7 nitrogen and oxygen atoms in total. The second-order valence-corrected chi connectivity index (χ2v) is 4.38. The van der Waals surface area contributed by atoms with Crippen LogP contribution in [0.4, 0.5) is 0 Å². The van der Waals surface area contributed by atoms with Crippen LogP contribution < -0.4 is 10.2 Å². The van der Waals surface area contributed by atoms with Crippen molar-refractivity contribution in [2.75, 3.05) is 19.8 Å². The molecule has 122 valence electrons. The van der Waals surface area contributed by atoms with Crippen molar-refractivity contribution in [2.24, 2.45) is 0 Å². The van der Waals surface area contributed by atoms with Crippen LogP contribution in [0.5, 0.6) is 5.75 Å². The molecule has 0 saturated carbocycles. The Hall–Kier alpha value is -2.31. The first-order valence-corrected chi connectivity index (χ1v) is 7.29. The van der Waals surface area contributed by atoms with Crippen molar-refractivity contribution >= 4 is 11.9 Å². The van der Waals surface area contributed by atoms with Crippen LogP contribution in [0.3, 0.4) is 0 Å². The van der Waals surface area contributed by atoms with Crippen molar-refractivity contribution in [3.05, 3.63) is 27.7 Å². The largest absolute Gasteiger partial charge is 0.487 e. The molecule has 0 fully saturated rings. The second-order valence-electron chi connectivity index (χ2n) is 4.38. The van der Waals surface area contributed by atoms with Gasteiger partial charge in [-0.2, -0.15) is 0 Å². The number of aromatic amines is 1. The Morgan fingerprint density at radius 1 is 1.09 bits per heavy atom. The number of esters is 2. The van der Waals surface area contributed by atoms with Gasteiger partial charge in [0, 0.05) is 6.20 Å².